The molecule has 0 saturated carbocycles. The maximum atomic E-state index is 12.4. The Morgan fingerprint density at radius 2 is 1.88 bits per heavy atom. The fourth-order valence-electron chi connectivity index (χ4n) is 2.41. The molecule has 0 spiro atoms. The highest BCUT2D eigenvalue weighted by atomic mass is 35.7. The second-order valence-corrected chi connectivity index (χ2v) is 7.74. The predicted octanol–water partition coefficient (Wildman–Crippen LogP) is 3.63. The second-order valence-electron chi connectivity index (χ2n) is 5.18. The number of hydrogen-bond acceptors (Lipinski definition) is 5. The molecule has 25 heavy (non-hydrogen) atoms. The summed E-state index contributed by atoms with van der Waals surface area (Å²) in [6.07, 6.45) is -0.725. The molecule has 2 aromatic carbocycles. The van der Waals surface area contributed by atoms with Gasteiger partial charge in [0.2, 0.25) is 0 Å². The number of fused-ring (bicyclic) bond motifs is 1. The van der Waals surface area contributed by atoms with Crippen LogP contribution in [0, 0.1) is 11.3 Å². The summed E-state index contributed by atoms with van der Waals surface area (Å²) >= 11 is 0. The smallest absolute Gasteiger partial charge is 0.419 e. The minimum Gasteiger partial charge on any atom is -0.444 e. The predicted molar refractivity (Wildman–Crippen MR) is 91.7 cm³/mol. The second kappa shape index (κ2) is 6.59. The van der Waals surface area contributed by atoms with Gasteiger partial charge in [0, 0.05) is 16.1 Å². The van der Waals surface area contributed by atoms with Crippen LogP contribution >= 0.6 is 10.7 Å². The Bertz CT molecular complexity index is 1100. The SMILES string of the molecule is N#Cc1cc2cc(S(=O)(=O)Cl)ccc2n1C(=O)OCc1ccccc1. The Morgan fingerprint density at radius 1 is 1.16 bits per heavy atom. The van der Waals surface area contributed by atoms with Crippen molar-refractivity contribution in [3.63, 3.8) is 0 Å². The van der Waals surface area contributed by atoms with Gasteiger partial charge in [-0.1, -0.05) is 30.3 Å². The Balaban J connectivity index is 1.97. The fraction of sp³-hybridized carbons (Fsp3) is 0.0588. The summed E-state index contributed by atoms with van der Waals surface area (Å²) in [6.45, 7) is 0.0539. The quantitative estimate of drug-likeness (QED) is 0.653. The lowest BCUT2D eigenvalue weighted by atomic mass is 10.2. The van der Waals surface area contributed by atoms with E-state index in [2.05, 4.69) is 0 Å². The summed E-state index contributed by atoms with van der Waals surface area (Å²) in [4.78, 5) is 12.3. The number of rotatable bonds is 3. The number of nitrogens with zero attached hydrogens (tertiary/aromatic N) is 2. The highest BCUT2D eigenvalue weighted by Gasteiger charge is 2.19. The molecule has 0 atom stereocenters. The molecule has 126 valence electrons. The van der Waals surface area contributed by atoms with Crippen molar-refractivity contribution in [2.75, 3.05) is 0 Å². The lowest BCUT2D eigenvalue weighted by molar-refractivity contribution is 0.142. The number of hydrogen-bond donors (Lipinski definition) is 0. The Kier molecular flexibility index (Phi) is 4.49. The summed E-state index contributed by atoms with van der Waals surface area (Å²) < 4.78 is 29.2. The van der Waals surface area contributed by atoms with Gasteiger partial charge in [-0.15, -0.1) is 0 Å². The van der Waals surface area contributed by atoms with E-state index in [-0.39, 0.29) is 17.2 Å². The number of carbonyl (C=O) groups excluding carboxylic acids is 1. The molecule has 1 heterocycles. The molecule has 0 amide bonds. The van der Waals surface area contributed by atoms with Crippen LogP contribution in [-0.2, 0) is 20.4 Å². The molecule has 0 aliphatic heterocycles. The fourth-order valence-corrected chi connectivity index (χ4v) is 3.19. The molecule has 0 saturated heterocycles. The zero-order valence-corrected chi connectivity index (χ0v) is 14.3. The van der Waals surface area contributed by atoms with Crippen molar-refractivity contribution >= 4 is 36.7 Å². The third-order valence-electron chi connectivity index (χ3n) is 3.56. The van der Waals surface area contributed by atoms with Gasteiger partial charge in [0.25, 0.3) is 9.05 Å². The topological polar surface area (TPSA) is 89.2 Å². The van der Waals surface area contributed by atoms with Gasteiger partial charge in [0.1, 0.15) is 18.4 Å². The van der Waals surface area contributed by atoms with Crippen molar-refractivity contribution in [3.8, 4) is 6.07 Å². The molecule has 3 aromatic rings. The van der Waals surface area contributed by atoms with E-state index in [1.54, 1.807) is 0 Å². The van der Waals surface area contributed by atoms with E-state index in [4.69, 9.17) is 15.4 Å². The number of carbonyl (C=O) groups is 1. The van der Waals surface area contributed by atoms with E-state index >= 15 is 0 Å². The summed E-state index contributed by atoms with van der Waals surface area (Å²) in [5.41, 5.74) is 1.21. The van der Waals surface area contributed by atoms with Crippen LogP contribution in [0.5, 0.6) is 0 Å². The normalized spacial score (nSPS) is 11.2. The van der Waals surface area contributed by atoms with Crippen LogP contribution in [0.25, 0.3) is 10.9 Å². The summed E-state index contributed by atoms with van der Waals surface area (Å²) in [5.74, 6) is 0. The highest BCUT2D eigenvalue weighted by molar-refractivity contribution is 8.13. The average Bonchev–Trinajstić information content (AvgIpc) is 2.97. The van der Waals surface area contributed by atoms with Gasteiger partial charge < -0.3 is 4.74 Å². The minimum absolute atomic E-state index is 0.0391. The first-order valence-electron chi connectivity index (χ1n) is 7.11. The van der Waals surface area contributed by atoms with E-state index in [1.165, 1.54) is 24.3 Å². The molecule has 0 aliphatic rings. The zero-order valence-electron chi connectivity index (χ0n) is 12.7. The largest absolute Gasteiger partial charge is 0.444 e. The van der Waals surface area contributed by atoms with Crippen molar-refractivity contribution in [1.29, 1.82) is 5.26 Å². The van der Waals surface area contributed by atoms with Crippen LogP contribution < -0.4 is 0 Å². The number of ether oxygens (including phenoxy) is 1. The molecule has 3 rings (SSSR count). The van der Waals surface area contributed by atoms with Crippen LogP contribution in [0.15, 0.2) is 59.5 Å². The lowest BCUT2D eigenvalue weighted by Crippen LogP contribution is -2.15. The number of nitriles is 1. The first-order chi connectivity index (χ1) is 11.9. The standard InChI is InChI=1S/C17H11ClN2O4S/c18-25(22,23)15-6-7-16-13(9-15)8-14(10-19)20(16)17(21)24-11-12-4-2-1-3-5-12/h1-9H,11H2. The van der Waals surface area contributed by atoms with E-state index in [1.807, 2.05) is 36.4 Å². The van der Waals surface area contributed by atoms with E-state index in [0.717, 1.165) is 10.1 Å². The molecule has 0 fully saturated rings. The van der Waals surface area contributed by atoms with Gasteiger partial charge in [-0.2, -0.15) is 5.26 Å². The average molecular weight is 375 g/mol. The molecule has 6 nitrogen and oxygen atoms in total. The molecule has 0 aliphatic carbocycles. The van der Waals surface area contributed by atoms with Gasteiger partial charge in [0.15, 0.2) is 0 Å². The Labute approximate surface area is 148 Å². The van der Waals surface area contributed by atoms with E-state index < -0.39 is 15.1 Å². The van der Waals surface area contributed by atoms with Crippen molar-refractivity contribution in [2.45, 2.75) is 11.5 Å². The Morgan fingerprint density at radius 3 is 2.52 bits per heavy atom. The highest BCUT2D eigenvalue weighted by Crippen LogP contribution is 2.25. The van der Waals surface area contributed by atoms with Crippen molar-refractivity contribution in [3.05, 3.63) is 65.9 Å². The molecule has 1 aromatic heterocycles. The van der Waals surface area contributed by atoms with Crippen LogP contribution in [0.3, 0.4) is 0 Å². The van der Waals surface area contributed by atoms with Crippen LogP contribution in [0.4, 0.5) is 4.79 Å². The van der Waals surface area contributed by atoms with Gasteiger partial charge >= 0.3 is 6.09 Å². The van der Waals surface area contributed by atoms with Crippen molar-refractivity contribution in [2.24, 2.45) is 0 Å². The van der Waals surface area contributed by atoms with Crippen LogP contribution in [0.2, 0.25) is 0 Å². The zero-order chi connectivity index (χ0) is 18.0. The lowest BCUT2D eigenvalue weighted by Gasteiger charge is -2.08. The summed E-state index contributed by atoms with van der Waals surface area (Å²) in [6, 6.07) is 16.4. The molecule has 0 unspecified atom stereocenters. The molecular formula is C17H11ClN2O4S. The van der Waals surface area contributed by atoms with Crippen LogP contribution in [-0.4, -0.2) is 19.1 Å². The maximum Gasteiger partial charge on any atom is 0.419 e. The van der Waals surface area contributed by atoms with E-state index in [9.17, 15) is 18.5 Å². The number of halogens is 1. The molecule has 0 N–H and O–H groups in total. The van der Waals surface area contributed by atoms with Gasteiger partial charge in [-0.3, -0.25) is 0 Å². The molecule has 0 bridgehead atoms. The summed E-state index contributed by atoms with van der Waals surface area (Å²) in [7, 11) is 1.42. The molecule has 0 radical (unpaired) electrons. The van der Waals surface area contributed by atoms with Crippen molar-refractivity contribution in [1.82, 2.24) is 4.57 Å². The maximum absolute atomic E-state index is 12.4. The number of aromatic nitrogens is 1. The third-order valence-corrected chi connectivity index (χ3v) is 4.91. The van der Waals surface area contributed by atoms with Crippen LogP contribution in [0.1, 0.15) is 11.3 Å². The minimum atomic E-state index is -3.91. The monoisotopic (exact) mass is 374 g/mol. The van der Waals surface area contributed by atoms with Gasteiger partial charge in [-0.25, -0.2) is 17.8 Å². The molecule has 8 heteroatoms. The summed E-state index contributed by atoms with van der Waals surface area (Å²) in [5, 5.41) is 9.66. The Hall–Kier alpha value is -2.82. The first kappa shape index (κ1) is 17.0. The van der Waals surface area contributed by atoms with E-state index in [0.29, 0.717) is 10.9 Å². The third kappa shape index (κ3) is 3.50. The van der Waals surface area contributed by atoms with Gasteiger partial charge in [0.05, 0.1) is 10.4 Å². The molecular weight excluding hydrogens is 364 g/mol. The first-order valence-corrected chi connectivity index (χ1v) is 9.42. The van der Waals surface area contributed by atoms with Crippen molar-refractivity contribution < 1.29 is 17.9 Å². The van der Waals surface area contributed by atoms with Gasteiger partial charge in [-0.05, 0) is 29.8 Å². The number of benzene rings is 2.